The first-order chi connectivity index (χ1) is 8.69. The molecule has 1 saturated heterocycles. The number of aromatic nitrogens is 1. The minimum Gasteiger partial charge on any atom is -0.340 e. The number of piperazine rings is 1. The summed E-state index contributed by atoms with van der Waals surface area (Å²) in [6, 6.07) is 5.95. The van der Waals surface area contributed by atoms with Gasteiger partial charge in [-0.25, -0.2) is 0 Å². The summed E-state index contributed by atoms with van der Waals surface area (Å²) in [7, 11) is 0. The van der Waals surface area contributed by atoms with E-state index < -0.39 is 0 Å². The van der Waals surface area contributed by atoms with Gasteiger partial charge in [0.2, 0.25) is 5.91 Å². The van der Waals surface area contributed by atoms with Crippen LogP contribution in [-0.4, -0.2) is 46.9 Å². The maximum Gasteiger partial charge on any atom is 0.219 e. The second kappa shape index (κ2) is 6.16. The quantitative estimate of drug-likeness (QED) is 0.779. The van der Waals surface area contributed by atoms with E-state index >= 15 is 0 Å². The third-order valence-electron chi connectivity index (χ3n) is 3.20. The van der Waals surface area contributed by atoms with Crippen LogP contribution in [0.4, 0.5) is 0 Å². The van der Waals surface area contributed by atoms with Crippen LogP contribution in [0.2, 0.25) is 0 Å². The van der Waals surface area contributed by atoms with Crippen LogP contribution in [0.1, 0.15) is 18.3 Å². The van der Waals surface area contributed by atoms with E-state index in [9.17, 15) is 4.79 Å². The van der Waals surface area contributed by atoms with Gasteiger partial charge in [-0.15, -0.1) is 11.6 Å². The van der Waals surface area contributed by atoms with Crippen molar-refractivity contribution < 1.29 is 4.79 Å². The van der Waals surface area contributed by atoms with Gasteiger partial charge < -0.3 is 4.90 Å². The lowest BCUT2D eigenvalue weighted by molar-refractivity contribution is -0.130. The molecule has 5 heteroatoms. The van der Waals surface area contributed by atoms with Gasteiger partial charge in [0, 0.05) is 39.6 Å². The molecule has 0 saturated carbocycles. The monoisotopic (exact) mass is 267 g/mol. The zero-order valence-corrected chi connectivity index (χ0v) is 11.4. The molecule has 1 amide bonds. The highest BCUT2D eigenvalue weighted by molar-refractivity contribution is 6.16. The van der Waals surface area contributed by atoms with Gasteiger partial charge in [-0.2, -0.15) is 0 Å². The molecule has 0 aromatic carbocycles. The summed E-state index contributed by atoms with van der Waals surface area (Å²) in [5.41, 5.74) is 1.96. The number of pyridine rings is 1. The van der Waals surface area contributed by atoms with Crippen molar-refractivity contribution >= 4 is 17.5 Å². The van der Waals surface area contributed by atoms with E-state index in [2.05, 4.69) is 9.88 Å². The molecule has 0 atom stereocenters. The van der Waals surface area contributed by atoms with Crippen LogP contribution in [0.15, 0.2) is 18.2 Å². The van der Waals surface area contributed by atoms with E-state index in [-0.39, 0.29) is 5.91 Å². The molecule has 0 N–H and O–H groups in total. The van der Waals surface area contributed by atoms with E-state index in [1.807, 2.05) is 23.1 Å². The standard InChI is InChI=1S/C13H18ClN3O/c1-11(18)17-7-5-16(6-8-17)10-13-4-2-3-12(9-14)15-13/h2-4H,5-10H2,1H3. The number of carbonyl (C=O) groups excluding carboxylic acids is 1. The highest BCUT2D eigenvalue weighted by Gasteiger charge is 2.18. The van der Waals surface area contributed by atoms with Crippen molar-refractivity contribution in [1.29, 1.82) is 0 Å². The molecule has 0 aliphatic carbocycles. The topological polar surface area (TPSA) is 36.4 Å². The zero-order chi connectivity index (χ0) is 13.0. The van der Waals surface area contributed by atoms with Gasteiger partial charge in [0.05, 0.1) is 17.3 Å². The Balaban J connectivity index is 1.89. The molecule has 2 heterocycles. The Bertz CT molecular complexity index is 416. The first-order valence-corrected chi connectivity index (χ1v) is 6.71. The number of hydrogen-bond donors (Lipinski definition) is 0. The molecule has 2 rings (SSSR count). The Morgan fingerprint density at radius 1 is 1.28 bits per heavy atom. The molecule has 0 spiro atoms. The predicted octanol–water partition coefficient (Wildman–Crippen LogP) is 1.48. The normalized spacial score (nSPS) is 16.9. The van der Waals surface area contributed by atoms with Crippen molar-refractivity contribution in [3.05, 3.63) is 29.6 Å². The second-order valence-electron chi connectivity index (χ2n) is 4.54. The molecule has 4 nitrogen and oxygen atoms in total. The van der Waals surface area contributed by atoms with Gasteiger partial charge in [-0.1, -0.05) is 6.07 Å². The molecular formula is C13H18ClN3O. The molecule has 1 aromatic rings. The minimum atomic E-state index is 0.164. The highest BCUT2D eigenvalue weighted by Crippen LogP contribution is 2.08. The Kier molecular flexibility index (Phi) is 4.55. The lowest BCUT2D eigenvalue weighted by Gasteiger charge is -2.33. The Morgan fingerprint density at radius 3 is 2.56 bits per heavy atom. The summed E-state index contributed by atoms with van der Waals surface area (Å²) in [6.45, 7) is 5.89. The number of carbonyl (C=O) groups is 1. The van der Waals surface area contributed by atoms with Gasteiger partial charge in [-0.05, 0) is 12.1 Å². The van der Waals surface area contributed by atoms with Gasteiger partial charge in [-0.3, -0.25) is 14.7 Å². The molecule has 98 valence electrons. The lowest BCUT2D eigenvalue weighted by Crippen LogP contribution is -2.47. The van der Waals surface area contributed by atoms with E-state index in [0.717, 1.165) is 44.1 Å². The molecule has 1 aliphatic heterocycles. The molecule has 1 aromatic heterocycles. The highest BCUT2D eigenvalue weighted by atomic mass is 35.5. The van der Waals surface area contributed by atoms with Crippen LogP contribution < -0.4 is 0 Å². The number of alkyl halides is 1. The molecule has 18 heavy (non-hydrogen) atoms. The van der Waals surface area contributed by atoms with Crippen molar-refractivity contribution in [2.24, 2.45) is 0 Å². The third kappa shape index (κ3) is 3.43. The van der Waals surface area contributed by atoms with Crippen molar-refractivity contribution in [2.75, 3.05) is 26.2 Å². The van der Waals surface area contributed by atoms with Crippen LogP contribution in [0.5, 0.6) is 0 Å². The Morgan fingerprint density at radius 2 is 1.94 bits per heavy atom. The largest absolute Gasteiger partial charge is 0.340 e. The maximum atomic E-state index is 11.2. The molecule has 1 fully saturated rings. The fraction of sp³-hybridized carbons (Fsp3) is 0.538. The van der Waals surface area contributed by atoms with Crippen LogP contribution in [0.3, 0.4) is 0 Å². The van der Waals surface area contributed by atoms with Crippen LogP contribution in [0, 0.1) is 0 Å². The van der Waals surface area contributed by atoms with E-state index in [1.54, 1.807) is 6.92 Å². The molecular weight excluding hydrogens is 250 g/mol. The molecule has 0 unspecified atom stereocenters. The molecule has 0 radical (unpaired) electrons. The minimum absolute atomic E-state index is 0.164. The van der Waals surface area contributed by atoms with Crippen molar-refractivity contribution in [1.82, 2.24) is 14.8 Å². The maximum absolute atomic E-state index is 11.2. The smallest absolute Gasteiger partial charge is 0.219 e. The number of rotatable bonds is 3. The van der Waals surface area contributed by atoms with Crippen LogP contribution in [0.25, 0.3) is 0 Å². The zero-order valence-electron chi connectivity index (χ0n) is 10.6. The number of nitrogens with zero attached hydrogens (tertiary/aromatic N) is 3. The fourth-order valence-corrected chi connectivity index (χ4v) is 2.29. The van der Waals surface area contributed by atoms with E-state index in [4.69, 9.17) is 11.6 Å². The van der Waals surface area contributed by atoms with Crippen molar-refractivity contribution in [3.8, 4) is 0 Å². The number of hydrogen-bond acceptors (Lipinski definition) is 3. The van der Waals surface area contributed by atoms with E-state index in [1.165, 1.54) is 0 Å². The SMILES string of the molecule is CC(=O)N1CCN(Cc2cccc(CCl)n2)CC1. The third-order valence-corrected chi connectivity index (χ3v) is 3.48. The lowest BCUT2D eigenvalue weighted by atomic mass is 10.2. The summed E-state index contributed by atoms with van der Waals surface area (Å²) >= 11 is 5.78. The number of halogens is 1. The molecule has 0 bridgehead atoms. The van der Waals surface area contributed by atoms with Crippen LogP contribution in [-0.2, 0) is 17.2 Å². The van der Waals surface area contributed by atoms with Crippen LogP contribution >= 0.6 is 11.6 Å². The summed E-state index contributed by atoms with van der Waals surface area (Å²) in [4.78, 5) is 19.9. The fourth-order valence-electron chi connectivity index (χ4n) is 2.14. The van der Waals surface area contributed by atoms with Gasteiger partial charge >= 0.3 is 0 Å². The summed E-state index contributed by atoms with van der Waals surface area (Å²) in [6.07, 6.45) is 0. The Labute approximate surface area is 113 Å². The average Bonchev–Trinajstić information content (AvgIpc) is 2.39. The van der Waals surface area contributed by atoms with Gasteiger partial charge in [0.15, 0.2) is 0 Å². The Hall–Kier alpha value is -1.13. The average molecular weight is 268 g/mol. The predicted molar refractivity (Wildman–Crippen MR) is 71.3 cm³/mol. The second-order valence-corrected chi connectivity index (χ2v) is 4.80. The number of amides is 1. The van der Waals surface area contributed by atoms with Gasteiger partial charge in [0.1, 0.15) is 0 Å². The summed E-state index contributed by atoms with van der Waals surface area (Å²) < 4.78 is 0. The summed E-state index contributed by atoms with van der Waals surface area (Å²) in [5.74, 6) is 0.614. The first-order valence-electron chi connectivity index (χ1n) is 6.17. The first kappa shape index (κ1) is 13.3. The van der Waals surface area contributed by atoms with Crippen molar-refractivity contribution in [3.63, 3.8) is 0 Å². The van der Waals surface area contributed by atoms with E-state index in [0.29, 0.717) is 5.88 Å². The summed E-state index contributed by atoms with van der Waals surface area (Å²) in [5, 5.41) is 0. The molecule has 1 aliphatic rings. The van der Waals surface area contributed by atoms with Gasteiger partial charge in [0.25, 0.3) is 0 Å². The van der Waals surface area contributed by atoms with Crippen molar-refractivity contribution in [2.45, 2.75) is 19.3 Å².